The molecule has 1 fully saturated rings. The molecule has 4 N–H and O–H groups in total. The molecule has 22 heavy (non-hydrogen) atoms. The zero-order valence-electron chi connectivity index (χ0n) is 11.7. The quantitative estimate of drug-likeness (QED) is 0.413. The third kappa shape index (κ3) is 3.18. The molecule has 1 heterocycles. The van der Waals surface area contributed by atoms with Gasteiger partial charge in [-0.25, -0.2) is 0 Å². The number of hydrogen-bond donors (Lipinski definition) is 4. The van der Waals surface area contributed by atoms with Gasteiger partial charge in [0, 0.05) is 6.07 Å². The molecule has 0 spiro atoms. The summed E-state index contributed by atoms with van der Waals surface area (Å²) in [7, 11) is 0. The first kappa shape index (κ1) is 16.6. The molecule has 0 saturated carbocycles. The highest BCUT2D eigenvalue weighted by atomic mass is 16.7. The molecule has 2 rings (SSSR count). The number of ether oxygens (including phenoxy) is 2. The molecule has 122 valence electrons. The molecule has 0 radical (unpaired) electrons. The Balaban J connectivity index is 2.24. The average molecular weight is 315 g/mol. The van der Waals surface area contributed by atoms with Crippen molar-refractivity contribution in [1.29, 1.82) is 0 Å². The van der Waals surface area contributed by atoms with Crippen molar-refractivity contribution in [1.82, 2.24) is 0 Å². The second kappa shape index (κ2) is 6.55. The monoisotopic (exact) mass is 315 g/mol. The number of rotatable bonds is 4. The van der Waals surface area contributed by atoms with Gasteiger partial charge in [-0.15, -0.1) is 0 Å². The molecule has 9 heteroatoms. The van der Waals surface area contributed by atoms with Crippen LogP contribution in [0.5, 0.6) is 5.75 Å². The standard InChI is InChI=1S/C13H17NO8/c1-6-2-3-8(7(4-6)14(19)20)21-13-12(18)11(17)10(16)9(5-15)22-13/h2-4,9-13,15-18H,5H2,1H3. The van der Waals surface area contributed by atoms with E-state index in [4.69, 9.17) is 14.6 Å². The van der Waals surface area contributed by atoms with Crippen molar-refractivity contribution >= 4 is 5.69 Å². The lowest BCUT2D eigenvalue weighted by molar-refractivity contribution is -0.387. The molecule has 5 atom stereocenters. The van der Waals surface area contributed by atoms with Crippen LogP contribution < -0.4 is 4.74 Å². The lowest BCUT2D eigenvalue weighted by atomic mass is 9.99. The van der Waals surface area contributed by atoms with Crippen molar-refractivity contribution in [3.8, 4) is 5.75 Å². The Morgan fingerprint density at radius 2 is 1.95 bits per heavy atom. The van der Waals surface area contributed by atoms with E-state index in [0.29, 0.717) is 5.56 Å². The van der Waals surface area contributed by atoms with Crippen molar-refractivity contribution in [2.45, 2.75) is 37.6 Å². The fourth-order valence-corrected chi connectivity index (χ4v) is 2.16. The Kier molecular flexibility index (Phi) is 4.94. The van der Waals surface area contributed by atoms with Gasteiger partial charge < -0.3 is 29.9 Å². The van der Waals surface area contributed by atoms with E-state index < -0.39 is 42.2 Å². The number of hydrogen-bond acceptors (Lipinski definition) is 8. The van der Waals surface area contributed by atoms with Crippen molar-refractivity contribution in [3.05, 3.63) is 33.9 Å². The maximum atomic E-state index is 11.0. The van der Waals surface area contributed by atoms with E-state index in [1.54, 1.807) is 13.0 Å². The molecule has 1 aliphatic rings. The lowest BCUT2D eigenvalue weighted by Gasteiger charge is -2.39. The van der Waals surface area contributed by atoms with Crippen LogP contribution in [0, 0.1) is 17.0 Å². The van der Waals surface area contributed by atoms with E-state index in [0.717, 1.165) is 0 Å². The molecule has 0 aliphatic carbocycles. The topological polar surface area (TPSA) is 143 Å². The first-order valence-electron chi connectivity index (χ1n) is 6.57. The molecular weight excluding hydrogens is 298 g/mol. The molecule has 1 aromatic rings. The van der Waals surface area contributed by atoms with Gasteiger partial charge in [-0.2, -0.15) is 0 Å². The van der Waals surface area contributed by atoms with Gasteiger partial charge in [0.2, 0.25) is 6.29 Å². The smallest absolute Gasteiger partial charge is 0.311 e. The minimum atomic E-state index is -1.63. The minimum absolute atomic E-state index is 0.153. The summed E-state index contributed by atoms with van der Waals surface area (Å²) in [5, 5.41) is 49.3. The van der Waals surface area contributed by atoms with Crippen LogP contribution >= 0.6 is 0 Å². The second-order valence-electron chi connectivity index (χ2n) is 5.04. The van der Waals surface area contributed by atoms with E-state index in [1.807, 2.05) is 0 Å². The van der Waals surface area contributed by atoms with Gasteiger partial charge in [0.1, 0.15) is 24.4 Å². The van der Waals surface area contributed by atoms with Gasteiger partial charge in [0.15, 0.2) is 5.75 Å². The van der Waals surface area contributed by atoms with Gasteiger partial charge >= 0.3 is 5.69 Å². The fraction of sp³-hybridized carbons (Fsp3) is 0.538. The largest absolute Gasteiger partial charge is 0.455 e. The minimum Gasteiger partial charge on any atom is -0.455 e. The molecule has 1 saturated heterocycles. The van der Waals surface area contributed by atoms with E-state index in [2.05, 4.69) is 0 Å². The van der Waals surface area contributed by atoms with Crippen molar-refractivity contribution in [3.63, 3.8) is 0 Å². The molecule has 0 bridgehead atoms. The van der Waals surface area contributed by atoms with Gasteiger partial charge in [-0.1, -0.05) is 6.07 Å². The van der Waals surface area contributed by atoms with Crippen LogP contribution in [0.4, 0.5) is 5.69 Å². The zero-order chi connectivity index (χ0) is 16.4. The normalized spacial score (nSPS) is 31.8. The van der Waals surface area contributed by atoms with Crippen LogP contribution in [0.25, 0.3) is 0 Å². The summed E-state index contributed by atoms with van der Waals surface area (Å²) in [5.41, 5.74) is 0.324. The number of nitro groups is 1. The predicted octanol–water partition coefficient (Wildman–Crippen LogP) is -0.918. The Morgan fingerprint density at radius 3 is 2.55 bits per heavy atom. The van der Waals surface area contributed by atoms with E-state index in [-0.39, 0.29) is 11.4 Å². The van der Waals surface area contributed by atoms with Crippen LogP contribution in [0.1, 0.15) is 5.56 Å². The summed E-state index contributed by atoms with van der Waals surface area (Å²) in [6.07, 6.45) is -7.36. The first-order chi connectivity index (χ1) is 10.3. The summed E-state index contributed by atoms with van der Waals surface area (Å²) in [6, 6.07) is 4.21. The first-order valence-corrected chi connectivity index (χ1v) is 6.57. The molecule has 9 nitrogen and oxygen atoms in total. The molecule has 1 aromatic carbocycles. The van der Waals surface area contributed by atoms with Crippen LogP contribution in [-0.2, 0) is 4.74 Å². The van der Waals surface area contributed by atoms with Gasteiger partial charge in [-0.3, -0.25) is 10.1 Å². The Morgan fingerprint density at radius 1 is 1.27 bits per heavy atom. The maximum Gasteiger partial charge on any atom is 0.311 e. The van der Waals surface area contributed by atoms with Gasteiger partial charge in [0.05, 0.1) is 11.5 Å². The highest BCUT2D eigenvalue weighted by molar-refractivity contribution is 5.48. The molecule has 0 amide bonds. The predicted molar refractivity (Wildman–Crippen MR) is 72.2 cm³/mol. The zero-order valence-corrected chi connectivity index (χ0v) is 11.7. The Bertz CT molecular complexity index is 549. The second-order valence-corrected chi connectivity index (χ2v) is 5.04. The number of nitro benzene ring substituents is 1. The third-order valence-electron chi connectivity index (χ3n) is 3.40. The van der Waals surface area contributed by atoms with E-state index >= 15 is 0 Å². The van der Waals surface area contributed by atoms with Crippen LogP contribution in [0.3, 0.4) is 0 Å². The Labute approximate surface area is 125 Å². The maximum absolute atomic E-state index is 11.0. The van der Waals surface area contributed by atoms with Crippen molar-refractivity contribution in [2.24, 2.45) is 0 Å². The Hall–Kier alpha value is -1.78. The van der Waals surface area contributed by atoms with E-state index in [1.165, 1.54) is 12.1 Å². The van der Waals surface area contributed by atoms with Gasteiger partial charge in [-0.05, 0) is 18.6 Å². The van der Waals surface area contributed by atoms with Crippen molar-refractivity contribution < 1.29 is 34.8 Å². The highest BCUT2D eigenvalue weighted by Crippen LogP contribution is 2.31. The van der Waals surface area contributed by atoms with Gasteiger partial charge in [0.25, 0.3) is 0 Å². The number of aliphatic hydroxyl groups is 4. The summed E-state index contributed by atoms with van der Waals surface area (Å²) in [4.78, 5) is 10.4. The van der Waals surface area contributed by atoms with Crippen molar-refractivity contribution in [2.75, 3.05) is 6.61 Å². The highest BCUT2D eigenvalue weighted by Gasteiger charge is 2.45. The summed E-state index contributed by atoms with van der Waals surface area (Å²) in [6.45, 7) is 1.06. The molecular formula is C13H17NO8. The van der Waals surface area contributed by atoms with Crippen LogP contribution in [0.2, 0.25) is 0 Å². The summed E-state index contributed by atoms with van der Waals surface area (Å²) < 4.78 is 10.4. The number of aliphatic hydroxyl groups excluding tert-OH is 4. The molecule has 1 aliphatic heterocycles. The summed E-state index contributed by atoms with van der Waals surface area (Å²) in [5.74, 6) is -0.153. The number of aryl methyl sites for hydroxylation is 1. The average Bonchev–Trinajstić information content (AvgIpc) is 2.49. The lowest BCUT2D eigenvalue weighted by Crippen LogP contribution is -2.60. The van der Waals surface area contributed by atoms with Crippen LogP contribution in [0.15, 0.2) is 18.2 Å². The number of benzene rings is 1. The number of nitrogens with zero attached hydrogens (tertiary/aromatic N) is 1. The molecule has 5 unspecified atom stereocenters. The van der Waals surface area contributed by atoms with Crippen LogP contribution in [-0.4, -0.2) is 62.7 Å². The fourth-order valence-electron chi connectivity index (χ4n) is 2.16. The third-order valence-corrected chi connectivity index (χ3v) is 3.40. The van der Waals surface area contributed by atoms with E-state index in [9.17, 15) is 25.4 Å². The summed E-state index contributed by atoms with van der Waals surface area (Å²) >= 11 is 0. The SMILES string of the molecule is Cc1ccc(OC2OC(CO)C(O)C(O)C2O)c([N+](=O)[O-])c1. The molecule has 0 aromatic heterocycles.